The third kappa shape index (κ3) is 6.20. The van der Waals surface area contributed by atoms with Gasteiger partial charge in [0.05, 0.1) is 0 Å². The summed E-state index contributed by atoms with van der Waals surface area (Å²) in [6.45, 7) is 2.18. The summed E-state index contributed by atoms with van der Waals surface area (Å²) in [4.78, 5) is 0. The zero-order valence-corrected chi connectivity index (χ0v) is 20.9. The minimum atomic E-state index is -0.920. The predicted molar refractivity (Wildman–Crippen MR) is 140 cm³/mol. The molecule has 1 nitrogen and oxygen atoms in total. The monoisotopic (exact) mass is 503 g/mol. The van der Waals surface area contributed by atoms with Crippen LogP contribution >= 0.6 is 0 Å². The Morgan fingerprint density at radius 2 is 1.41 bits per heavy atom. The van der Waals surface area contributed by atoms with Crippen molar-refractivity contribution in [2.75, 3.05) is 0 Å². The summed E-state index contributed by atoms with van der Waals surface area (Å²) >= 11 is 0. The number of halogens is 4. The lowest BCUT2D eigenvalue weighted by atomic mass is 9.96. The molecule has 0 aliphatic heterocycles. The number of rotatable bonds is 10. The smallest absolute Gasteiger partial charge is 0.144 e. The molecule has 4 aromatic carbocycles. The topological polar surface area (TPSA) is 23.8 Å². The van der Waals surface area contributed by atoms with Gasteiger partial charge in [-0.15, -0.1) is 0 Å². The van der Waals surface area contributed by atoms with E-state index in [1.165, 1.54) is 25.3 Å². The van der Waals surface area contributed by atoms with Crippen molar-refractivity contribution in [1.29, 1.82) is 5.26 Å². The van der Waals surface area contributed by atoms with Gasteiger partial charge in [0.15, 0.2) is 0 Å². The number of hydrogen-bond donors (Lipinski definition) is 0. The minimum absolute atomic E-state index is 0.218. The number of unbranched alkanes of at least 4 members (excludes halogenated alkanes) is 4. The molecule has 0 bridgehead atoms. The van der Waals surface area contributed by atoms with Gasteiger partial charge in [0.25, 0.3) is 0 Å². The third-order valence-electron chi connectivity index (χ3n) is 6.84. The van der Waals surface area contributed by atoms with Gasteiger partial charge in [-0.3, -0.25) is 0 Å². The molecule has 190 valence electrons. The van der Waals surface area contributed by atoms with Crippen LogP contribution in [-0.2, 0) is 19.3 Å². The fourth-order valence-electron chi connectivity index (χ4n) is 4.73. The second-order valence-electron chi connectivity index (χ2n) is 9.50. The number of benzene rings is 4. The van der Waals surface area contributed by atoms with Crippen LogP contribution in [0.2, 0.25) is 0 Å². The molecule has 4 rings (SSSR count). The number of aryl methyl sites for hydroxylation is 3. The van der Waals surface area contributed by atoms with Gasteiger partial charge in [-0.1, -0.05) is 69.0 Å². The summed E-state index contributed by atoms with van der Waals surface area (Å²) in [6, 6.07) is 17.6. The van der Waals surface area contributed by atoms with Crippen molar-refractivity contribution < 1.29 is 17.6 Å². The highest BCUT2D eigenvalue weighted by Crippen LogP contribution is 2.30. The van der Waals surface area contributed by atoms with Gasteiger partial charge < -0.3 is 0 Å². The van der Waals surface area contributed by atoms with E-state index < -0.39 is 23.0 Å². The van der Waals surface area contributed by atoms with Gasteiger partial charge in [-0.05, 0) is 77.6 Å². The van der Waals surface area contributed by atoms with E-state index in [0.717, 1.165) is 37.0 Å². The van der Waals surface area contributed by atoms with E-state index in [-0.39, 0.29) is 18.7 Å². The molecule has 4 aromatic rings. The molecule has 0 spiro atoms. The maximum absolute atomic E-state index is 15.2. The molecule has 0 N–H and O–H groups in total. The molecular weight excluding hydrogens is 474 g/mol. The van der Waals surface area contributed by atoms with Gasteiger partial charge in [0.1, 0.15) is 34.9 Å². The van der Waals surface area contributed by atoms with Crippen molar-refractivity contribution in [1.82, 2.24) is 0 Å². The van der Waals surface area contributed by atoms with Crippen LogP contribution in [0.1, 0.15) is 61.3 Å². The van der Waals surface area contributed by atoms with Crippen LogP contribution in [0.5, 0.6) is 0 Å². The summed E-state index contributed by atoms with van der Waals surface area (Å²) in [6.07, 6.45) is 7.14. The van der Waals surface area contributed by atoms with Crippen molar-refractivity contribution in [3.63, 3.8) is 0 Å². The molecule has 0 fully saturated rings. The lowest BCUT2D eigenvalue weighted by Crippen LogP contribution is -1.99. The lowest BCUT2D eigenvalue weighted by Gasteiger charge is -2.11. The second kappa shape index (κ2) is 12.1. The van der Waals surface area contributed by atoms with Crippen LogP contribution in [0.3, 0.4) is 0 Å². The molecule has 5 heteroatoms. The Kier molecular flexibility index (Phi) is 8.61. The molecule has 37 heavy (non-hydrogen) atoms. The van der Waals surface area contributed by atoms with E-state index in [2.05, 4.69) is 6.92 Å². The highest BCUT2D eigenvalue weighted by atomic mass is 19.1. The molecule has 0 aromatic heterocycles. The zero-order chi connectivity index (χ0) is 26.4. The van der Waals surface area contributed by atoms with Crippen molar-refractivity contribution in [3.8, 4) is 17.2 Å². The maximum Gasteiger partial charge on any atom is 0.144 e. The van der Waals surface area contributed by atoms with E-state index in [1.807, 2.05) is 6.07 Å². The van der Waals surface area contributed by atoms with Crippen LogP contribution in [0.15, 0.2) is 60.7 Å². The molecule has 0 saturated heterocycles. The number of hydrogen-bond acceptors (Lipinski definition) is 1. The van der Waals surface area contributed by atoms with Crippen molar-refractivity contribution in [2.24, 2.45) is 0 Å². The number of nitrogens with zero attached hydrogens (tertiary/aromatic N) is 1. The van der Waals surface area contributed by atoms with Crippen LogP contribution < -0.4 is 0 Å². The first-order chi connectivity index (χ1) is 17.9. The number of fused-ring (bicyclic) bond motifs is 1. The van der Waals surface area contributed by atoms with Gasteiger partial charge in [-0.2, -0.15) is 5.26 Å². The summed E-state index contributed by atoms with van der Waals surface area (Å²) in [5, 5.41) is 9.86. The molecule has 0 unspecified atom stereocenters. The second-order valence-corrected chi connectivity index (χ2v) is 9.50. The first-order valence-corrected chi connectivity index (χ1v) is 12.8. The Hall–Kier alpha value is -3.65. The average Bonchev–Trinajstić information content (AvgIpc) is 2.88. The van der Waals surface area contributed by atoms with Crippen molar-refractivity contribution >= 4 is 10.8 Å². The van der Waals surface area contributed by atoms with Crippen LogP contribution in [0.4, 0.5) is 17.6 Å². The van der Waals surface area contributed by atoms with Gasteiger partial charge >= 0.3 is 0 Å². The molecule has 0 aliphatic carbocycles. The average molecular weight is 504 g/mol. The van der Waals surface area contributed by atoms with E-state index >= 15 is 4.39 Å². The summed E-state index contributed by atoms with van der Waals surface area (Å²) in [5.41, 5.74) is 2.28. The van der Waals surface area contributed by atoms with Crippen LogP contribution in [0.25, 0.3) is 21.9 Å². The summed E-state index contributed by atoms with van der Waals surface area (Å²) in [5.74, 6) is -2.53. The zero-order valence-electron chi connectivity index (χ0n) is 20.9. The summed E-state index contributed by atoms with van der Waals surface area (Å²) < 4.78 is 57.9. The molecule has 0 atom stereocenters. The van der Waals surface area contributed by atoms with Gasteiger partial charge in [0.2, 0.25) is 0 Å². The first kappa shape index (κ1) is 26.4. The molecular formula is C32H29F4N. The van der Waals surface area contributed by atoms with E-state index in [1.54, 1.807) is 42.5 Å². The lowest BCUT2D eigenvalue weighted by molar-refractivity contribution is 0.572. The van der Waals surface area contributed by atoms with Crippen LogP contribution in [-0.4, -0.2) is 0 Å². The Morgan fingerprint density at radius 3 is 2.11 bits per heavy atom. The first-order valence-electron chi connectivity index (χ1n) is 12.8. The van der Waals surface area contributed by atoms with Crippen LogP contribution in [0, 0.1) is 34.6 Å². The van der Waals surface area contributed by atoms with Gasteiger partial charge in [0, 0.05) is 10.9 Å². The largest absolute Gasteiger partial charge is 0.206 e. The molecule has 0 amide bonds. The Bertz CT molecular complexity index is 1430. The van der Waals surface area contributed by atoms with Crippen molar-refractivity contribution in [3.05, 3.63) is 106 Å². The third-order valence-corrected chi connectivity index (χ3v) is 6.84. The van der Waals surface area contributed by atoms with E-state index in [9.17, 15) is 13.2 Å². The standard InChI is InChI=1S/C32H29F4N/c1-2-3-4-5-6-7-21-9-14-26(29(33)16-21)24-13-15-27-25(19-24)12-11-23(32(27)36)10-8-22-17-30(34)28(20-37)31(35)18-22/h9,11-19H,2-8,10H2,1H3. The fraction of sp³-hybridized carbons (Fsp3) is 0.281. The van der Waals surface area contributed by atoms with E-state index in [4.69, 9.17) is 5.26 Å². The highest BCUT2D eigenvalue weighted by molar-refractivity contribution is 5.88. The Labute approximate surface area is 215 Å². The molecule has 0 aliphatic rings. The fourth-order valence-corrected chi connectivity index (χ4v) is 4.73. The van der Waals surface area contributed by atoms with Gasteiger partial charge in [-0.25, -0.2) is 17.6 Å². The quantitative estimate of drug-likeness (QED) is 0.156. The molecule has 0 saturated carbocycles. The molecule has 0 radical (unpaired) electrons. The summed E-state index contributed by atoms with van der Waals surface area (Å²) in [7, 11) is 0. The Morgan fingerprint density at radius 1 is 0.676 bits per heavy atom. The molecule has 0 heterocycles. The van der Waals surface area contributed by atoms with Crippen molar-refractivity contribution in [2.45, 2.75) is 58.3 Å². The van der Waals surface area contributed by atoms with E-state index in [0.29, 0.717) is 33.0 Å². The SMILES string of the molecule is CCCCCCCc1ccc(-c2ccc3c(F)c(CCc4cc(F)c(C#N)c(F)c4)ccc3c2)c(F)c1. The predicted octanol–water partition coefficient (Wildman–Crippen LogP) is 9.23. The highest BCUT2D eigenvalue weighted by Gasteiger charge is 2.14. The normalized spacial score (nSPS) is 11.1. The number of nitriles is 1. The maximum atomic E-state index is 15.2. The minimum Gasteiger partial charge on any atom is -0.206 e. The Balaban J connectivity index is 1.49.